The Morgan fingerprint density at radius 2 is 1.07 bits per heavy atom. The third-order valence-corrected chi connectivity index (χ3v) is 11.7. The van der Waals surface area contributed by atoms with Gasteiger partial charge < -0.3 is 10.6 Å². The van der Waals surface area contributed by atoms with Crippen molar-refractivity contribution in [3.8, 4) is 0 Å². The molecule has 2 amide bonds. The van der Waals surface area contributed by atoms with Gasteiger partial charge in [0.1, 0.15) is 8.42 Å². The minimum Gasteiger partial charge on any atom is -0.322 e. The molecule has 2 heterocycles. The Morgan fingerprint density at radius 3 is 1.53 bits per heavy atom. The summed E-state index contributed by atoms with van der Waals surface area (Å²) in [6.07, 6.45) is 0. The SMILES string of the molecule is O=C(Nc1ccc(NC(=O)c2ccccc2NS(=O)(=O)c2cccs2)c(Cl)c1)c1ccccc1NS(=O)(=O)c1cccs1. The smallest absolute Gasteiger partial charge is 0.271 e. The molecule has 0 unspecified atom stereocenters. The van der Waals surface area contributed by atoms with Crippen molar-refractivity contribution in [2.24, 2.45) is 0 Å². The molecule has 0 aliphatic heterocycles. The fourth-order valence-corrected chi connectivity index (χ4v) is 8.22. The monoisotopic (exact) mass is 672 g/mol. The van der Waals surface area contributed by atoms with Crippen LogP contribution in [-0.4, -0.2) is 28.6 Å². The van der Waals surface area contributed by atoms with Gasteiger partial charge in [-0.15, -0.1) is 22.7 Å². The summed E-state index contributed by atoms with van der Waals surface area (Å²) in [5, 5.41) is 8.69. The Kier molecular flexibility index (Phi) is 8.84. The van der Waals surface area contributed by atoms with E-state index in [0.29, 0.717) is 0 Å². The van der Waals surface area contributed by atoms with Crippen molar-refractivity contribution in [3.63, 3.8) is 0 Å². The summed E-state index contributed by atoms with van der Waals surface area (Å²) in [5.41, 5.74) is 0.826. The number of sulfonamides is 2. The van der Waals surface area contributed by atoms with E-state index in [4.69, 9.17) is 11.6 Å². The molecule has 2 aromatic heterocycles. The van der Waals surface area contributed by atoms with Crippen molar-refractivity contribution in [1.29, 1.82) is 0 Å². The van der Waals surface area contributed by atoms with Crippen molar-refractivity contribution in [2.75, 3.05) is 20.1 Å². The number of halogens is 1. The van der Waals surface area contributed by atoms with Gasteiger partial charge in [0.2, 0.25) is 0 Å². The van der Waals surface area contributed by atoms with Crippen LogP contribution in [-0.2, 0) is 20.0 Å². The van der Waals surface area contributed by atoms with Crippen molar-refractivity contribution in [1.82, 2.24) is 0 Å². The number of hydrogen-bond acceptors (Lipinski definition) is 8. The van der Waals surface area contributed by atoms with Gasteiger partial charge >= 0.3 is 0 Å². The molecule has 0 aliphatic rings. The summed E-state index contributed by atoms with van der Waals surface area (Å²) >= 11 is 8.51. The first kappa shape index (κ1) is 30.3. The van der Waals surface area contributed by atoms with Crippen LogP contribution in [0.4, 0.5) is 22.7 Å². The van der Waals surface area contributed by atoms with Gasteiger partial charge in [-0.3, -0.25) is 19.0 Å². The molecule has 220 valence electrons. The topological polar surface area (TPSA) is 151 Å². The predicted molar refractivity (Wildman–Crippen MR) is 170 cm³/mol. The van der Waals surface area contributed by atoms with Crippen molar-refractivity contribution < 1.29 is 26.4 Å². The first-order valence-electron chi connectivity index (χ1n) is 12.3. The van der Waals surface area contributed by atoms with Crippen LogP contribution in [0.2, 0.25) is 5.02 Å². The largest absolute Gasteiger partial charge is 0.322 e. The minimum atomic E-state index is -3.89. The lowest BCUT2D eigenvalue weighted by molar-refractivity contribution is 0.101. The molecule has 0 aliphatic carbocycles. The summed E-state index contributed by atoms with van der Waals surface area (Å²) in [5.74, 6) is -1.21. The van der Waals surface area contributed by atoms with E-state index in [1.807, 2.05) is 0 Å². The molecule has 3 aromatic carbocycles. The molecule has 0 atom stereocenters. The molecular formula is C28H21ClN4O6S4. The molecular weight excluding hydrogens is 652 g/mol. The molecule has 15 heteroatoms. The van der Waals surface area contributed by atoms with Gasteiger partial charge in [-0.25, -0.2) is 16.8 Å². The third kappa shape index (κ3) is 7.06. The van der Waals surface area contributed by atoms with Gasteiger partial charge in [0.25, 0.3) is 31.9 Å². The number of amides is 2. The number of benzene rings is 3. The lowest BCUT2D eigenvalue weighted by Crippen LogP contribution is -2.19. The van der Waals surface area contributed by atoms with E-state index in [2.05, 4.69) is 20.1 Å². The molecule has 0 fully saturated rings. The van der Waals surface area contributed by atoms with Gasteiger partial charge in [0.05, 0.1) is 33.2 Å². The van der Waals surface area contributed by atoms with Crippen LogP contribution < -0.4 is 20.1 Å². The highest BCUT2D eigenvalue weighted by molar-refractivity contribution is 7.95. The van der Waals surface area contributed by atoms with Gasteiger partial charge in [0, 0.05) is 5.69 Å². The first-order valence-corrected chi connectivity index (χ1v) is 17.4. The number of nitrogens with one attached hydrogen (secondary N) is 4. The van der Waals surface area contributed by atoms with Crippen LogP contribution in [0.15, 0.2) is 110 Å². The normalized spacial score (nSPS) is 11.5. The third-order valence-electron chi connectivity index (χ3n) is 5.83. The Morgan fingerprint density at radius 1 is 0.581 bits per heavy atom. The molecule has 0 saturated carbocycles. The molecule has 4 N–H and O–H groups in total. The van der Waals surface area contributed by atoms with E-state index in [-0.39, 0.29) is 47.3 Å². The first-order chi connectivity index (χ1) is 20.5. The number of carbonyl (C=O) groups excluding carboxylic acids is 2. The van der Waals surface area contributed by atoms with Crippen LogP contribution in [0, 0.1) is 0 Å². The fraction of sp³-hybridized carbons (Fsp3) is 0. The van der Waals surface area contributed by atoms with Crippen LogP contribution in [0.1, 0.15) is 20.7 Å². The van der Waals surface area contributed by atoms with Crippen molar-refractivity contribution in [3.05, 3.63) is 118 Å². The van der Waals surface area contributed by atoms with Gasteiger partial charge in [-0.2, -0.15) is 0 Å². The van der Waals surface area contributed by atoms with Gasteiger partial charge in [0.15, 0.2) is 0 Å². The molecule has 0 spiro atoms. The zero-order chi connectivity index (χ0) is 30.6. The molecule has 5 aromatic rings. The van der Waals surface area contributed by atoms with Crippen LogP contribution in [0.3, 0.4) is 0 Å². The second-order valence-electron chi connectivity index (χ2n) is 8.77. The highest BCUT2D eigenvalue weighted by atomic mass is 35.5. The average Bonchev–Trinajstić information content (AvgIpc) is 3.71. The zero-order valence-corrected chi connectivity index (χ0v) is 25.8. The lowest BCUT2D eigenvalue weighted by Gasteiger charge is -2.14. The second kappa shape index (κ2) is 12.6. The number of carbonyl (C=O) groups is 2. The quantitative estimate of drug-likeness (QED) is 0.132. The summed E-state index contributed by atoms with van der Waals surface area (Å²) < 4.78 is 55.9. The van der Waals surface area contributed by atoms with Crippen molar-refractivity contribution in [2.45, 2.75) is 8.42 Å². The van der Waals surface area contributed by atoms with Crippen LogP contribution in [0.25, 0.3) is 0 Å². The van der Waals surface area contributed by atoms with Gasteiger partial charge in [-0.1, -0.05) is 48.0 Å². The second-order valence-corrected chi connectivity index (χ2v) is 14.9. The number of hydrogen-bond donors (Lipinski definition) is 4. The number of anilines is 4. The van der Waals surface area contributed by atoms with Crippen molar-refractivity contribution >= 4 is 88.9 Å². The van der Waals surface area contributed by atoms with Gasteiger partial charge in [-0.05, 0) is 65.4 Å². The zero-order valence-electron chi connectivity index (χ0n) is 21.8. The highest BCUT2D eigenvalue weighted by Crippen LogP contribution is 2.29. The summed E-state index contributed by atoms with van der Waals surface area (Å²) in [6, 6.07) is 22.8. The highest BCUT2D eigenvalue weighted by Gasteiger charge is 2.21. The minimum absolute atomic E-state index is 0.0673. The Balaban J connectivity index is 1.30. The fourth-order valence-electron chi connectivity index (χ4n) is 3.85. The molecule has 0 radical (unpaired) electrons. The summed E-state index contributed by atoms with van der Waals surface area (Å²) in [4.78, 5) is 26.2. The van der Waals surface area contributed by atoms with E-state index < -0.39 is 31.9 Å². The van der Waals surface area contributed by atoms with Crippen LogP contribution in [0.5, 0.6) is 0 Å². The summed E-state index contributed by atoms with van der Waals surface area (Å²) in [6.45, 7) is 0. The van der Waals surface area contributed by atoms with E-state index in [9.17, 15) is 26.4 Å². The average molecular weight is 673 g/mol. The number of para-hydroxylation sites is 2. The lowest BCUT2D eigenvalue weighted by atomic mass is 10.1. The maximum absolute atomic E-state index is 13.1. The number of rotatable bonds is 10. The summed E-state index contributed by atoms with van der Waals surface area (Å²) in [7, 11) is -7.77. The molecule has 43 heavy (non-hydrogen) atoms. The Labute approximate surface area is 260 Å². The maximum Gasteiger partial charge on any atom is 0.271 e. The molecule has 0 saturated heterocycles. The van der Waals surface area contributed by atoms with E-state index in [0.717, 1.165) is 22.7 Å². The maximum atomic E-state index is 13.1. The van der Waals surface area contributed by atoms with Crippen LogP contribution >= 0.6 is 34.3 Å². The van der Waals surface area contributed by atoms with E-state index in [1.54, 1.807) is 47.2 Å². The predicted octanol–water partition coefficient (Wildman–Crippen LogP) is 6.57. The Bertz CT molecular complexity index is 2010. The van der Waals surface area contributed by atoms with E-state index >= 15 is 0 Å². The Hall–Kier alpha value is -4.21. The molecule has 5 rings (SSSR count). The molecule has 10 nitrogen and oxygen atoms in total. The van der Waals surface area contributed by atoms with E-state index in [1.165, 1.54) is 54.6 Å². The molecule has 0 bridgehead atoms. The standard InChI is InChI=1S/C28H21ClN4O6S4/c29-21-17-18(30-27(34)19-7-1-3-9-22(19)32-42(36,37)25-11-5-15-40-25)13-14-24(21)31-28(35)20-8-2-4-10-23(20)33-43(38,39)26-12-6-16-41-26/h1-17,32-33H,(H,30,34)(H,31,35). The number of thiophene rings is 2.